The summed E-state index contributed by atoms with van der Waals surface area (Å²) in [6, 6.07) is 25.0. The maximum absolute atomic E-state index is 12.9. The molecule has 0 spiro atoms. The van der Waals surface area contributed by atoms with Crippen molar-refractivity contribution in [3.8, 4) is 11.8 Å². The van der Waals surface area contributed by atoms with Crippen LogP contribution in [-0.2, 0) is 11.3 Å². The predicted octanol–water partition coefficient (Wildman–Crippen LogP) is 5.90. The third-order valence-corrected chi connectivity index (χ3v) is 5.32. The molecule has 5 nitrogen and oxygen atoms in total. The highest BCUT2D eigenvalue weighted by Crippen LogP contribution is 2.29. The smallest absolute Gasteiger partial charge is 0.266 e. The molecule has 0 aliphatic rings. The molecule has 1 N–H and O–H groups in total. The van der Waals surface area contributed by atoms with Crippen LogP contribution in [0.25, 0.3) is 17.0 Å². The number of carbonyl (C=O) groups is 1. The van der Waals surface area contributed by atoms with Crippen LogP contribution in [0.3, 0.4) is 0 Å². The zero-order valence-electron chi connectivity index (χ0n) is 17.4. The maximum Gasteiger partial charge on any atom is 0.266 e. The number of amides is 1. The third kappa shape index (κ3) is 4.51. The minimum absolute atomic E-state index is 0.0188. The number of hydrogen-bond acceptors (Lipinski definition) is 3. The van der Waals surface area contributed by atoms with Crippen molar-refractivity contribution < 1.29 is 9.53 Å². The maximum atomic E-state index is 12.9. The minimum Gasteiger partial charge on any atom is -0.495 e. The molecular formula is C26H20ClN3O2. The molecule has 0 aliphatic carbocycles. The lowest BCUT2D eigenvalue weighted by Gasteiger charge is -2.10. The molecule has 1 aromatic heterocycles. The molecule has 0 fully saturated rings. The van der Waals surface area contributed by atoms with Crippen LogP contribution < -0.4 is 10.1 Å². The number of hydrogen-bond donors (Lipinski definition) is 1. The van der Waals surface area contributed by atoms with Gasteiger partial charge in [-0.2, -0.15) is 5.26 Å². The Balaban J connectivity index is 1.69. The Hall–Kier alpha value is -4.01. The van der Waals surface area contributed by atoms with Gasteiger partial charge < -0.3 is 14.6 Å². The average Bonchev–Trinajstić information content (AvgIpc) is 3.15. The van der Waals surface area contributed by atoms with Gasteiger partial charge in [0.05, 0.1) is 12.8 Å². The van der Waals surface area contributed by atoms with Gasteiger partial charge in [0.1, 0.15) is 17.4 Å². The number of aromatic nitrogens is 1. The number of carbonyl (C=O) groups excluding carboxylic acids is 1. The molecule has 0 bridgehead atoms. The van der Waals surface area contributed by atoms with Crippen molar-refractivity contribution in [1.29, 1.82) is 5.26 Å². The molecule has 4 rings (SSSR count). The van der Waals surface area contributed by atoms with Crippen LogP contribution in [0.1, 0.15) is 11.1 Å². The zero-order chi connectivity index (χ0) is 22.5. The monoisotopic (exact) mass is 441 g/mol. The highest BCUT2D eigenvalue weighted by molar-refractivity contribution is 6.31. The number of benzene rings is 3. The van der Waals surface area contributed by atoms with E-state index in [2.05, 4.69) is 22.0 Å². The number of fused-ring (bicyclic) bond motifs is 1. The molecule has 6 heteroatoms. The van der Waals surface area contributed by atoms with E-state index in [0.29, 0.717) is 23.0 Å². The molecule has 4 aromatic rings. The number of ether oxygens (including phenoxy) is 1. The summed E-state index contributed by atoms with van der Waals surface area (Å²) >= 11 is 6.05. The average molecular weight is 442 g/mol. The van der Waals surface area contributed by atoms with Crippen LogP contribution in [0, 0.1) is 11.3 Å². The Kier molecular flexibility index (Phi) is 6.25. The largest absolute Gasteiger partial charge is 0.495 e. The molecule has 32 heavy (non-hydrogen) atoms. The van der Waals surface area contributed by atoms with Crippen molar-refractivity contribution >= 4 is 40.2 Å². The van der Waals surface area contributed by atoms with E-state index in [-0.39, 0.29) is 5.57 Å². The van der Waals surface area contributed by atoms with Gasteiger partial charge in [-0.3, -0.25) is 4.79 Å². The summed E-state index contributed by atoms with van der Waals surface area (Å²) in [4.78, 5) is 12.9. The second kappa shape index (κ2) is 9.42. The molecule has 3 aromatic carbocycles. The fourth-order valence-electron chi connectivity index (χ4n) is 3.57. The summed E-state index contributed by atoms with van der Waals surface area (Å²) in [5, 5.41) is 13.8. The van der Waals surface area contributed by atoms with Crippen LogP contribution in [0.4, 0.5) is 5.69 Å². The summed E-state index contributed by atoms with van der Waals surface area (Å²) < 4.78 is 7.39. The van der Waals surface area contributed by atoms with E-state index in [9.17, 15) is 10.1 Å². The van der Waals surface area contributed by atoms with Crippen LogP contribution >= 0.6 is 11.6 Å². The number of para-hydroxylation sites is 1. The molecule has 158 valence electrons. The summed E-state index contributed by atoms with van der Waals surface area (Å²) in [5.74, 6) is -0.0764. The number of nitriles is 1. The third-order valence-electron chi connectivity index (χ3n) is 5.09. The van der Waals surface area contributed by atoms with Gasteiger partial charge in [-0.25, -0.2) is 0 Å². The number of nitrogens with one attached hydrogen (secondary N) is 1. The van der Waals surface area contributed by atoms with E-state index in [4.69, 9.17) is 16.3 Å². The SMILES string of the molecule is COc1ccc(Cl)cc1NC(=O)/C(C#N)=C/c1cn(Cc2ccccc2)c2ccccc12. The number of halogens is 1. The standard InChI is InChI=1S/C26H20ClN3O2/c1-32-25-12-11-21(27)14-23(25)29-26(31)19(15-28)13-20-17-30(16-18-7-3-2-4-8-18)24-10-6-5-9-22(20)24/h2-14,17H,16H2,1H3,(H,29,31)/b19-13+. The van der Waals surface area contributed by atoms with Gasteiger partial charge in [-0.1, -0.05) is 60.1 Å². The molecule has 0 radical (unpaired) electrons. The van der Waals surface area contributed by atoms with Gasteiger partial charge in [-0.05, 0) is 35.9 Å². The first-order chi connectivity index (χ1) is 15.6. The second-order valence-corrected chi connectivity index (χ2v) is 7.62. The van der Waals surface area contributed by atoms with E-state index in [1.807, 2.05) is 54.7 Å². The number of anilines is 1. The highest BCUT2D eigenvalue weighted by atomic mass is 35.5. The molecular weight excluding hydrogens is 422 g/mol. The van der Waals surface area contributed by atoms with Crippen molar-refractivity contribution in [2.24, 2.45) is 0 Å². The second-order valence-electron chi connectivity index (χ2n) is 7.18. The molecule has 0 saturated carbocycles. The van der Waals surface area contributed by atoms with Crippen molar-refractivity contribution in [1.82, 2.24) is 4.57 Å². The van der Waals surface area contributed by atoms with E-state index in [1.165, 1.54) is 7.11 Å². The first kappa shape index (κ1) is 21.2. The molecule has 0 atom stereocenters. The lowest BCUT2D eigenvalue weighted by molar-refractivity contribution is -0.112. The van der Waals surface area contributed by atoms with Crippen LogP contribution in [0.15, 0.2) is 84.6 Å². The Morgan fingerprint density at radius 3 is 2.62 bits per heavy atom. The Morgan fingerprint density at radius 1 is 1.12 bits per heavy atom. The molecule has 0 saturated heterocycles. The number of nitrogens with zero attached hydrogens (tertiary/aromatic N) is 2. The van der Waals surface area contributed by atoms with Crippen molar-refractivity contribution in [3.05, 3.63) is 101 Å². The van der Waals surface area contributed by atoms with Crippen molar-refractivity contribution in [3.63, 3.8) is 0 Å². The first-order valence-corrected chi connectivity index (χ1v) is 10.4. The van der Waals surface area contributed by atoms with Gasteiger partial charge in [0.2, 0.25) is 0 Å². The van der Waals surface area contributed by atoms with Crippen LogP contribution in [-0.4, -0.2) is 17.6 Å². The fraction of sp³-hybridized carbons (Fsp3) is 0.0769. The molecule has 1 heterocycles. The summed E-state index contributed by atoms with van der Waals surface area (Å²) in [5.41, 5.74) is 3.36. The predicted molar refractivity (Wildman–Crippen MR) is 128 cm³/mol. The van der Waals surface area contributed by atoms with Crippen LogP contribution in [0.2, 0.25) is 5.02 Å². The Morgan fingerprint density at radius 2 is 1.88 bits per heavy atom. The van der Waals surface area contributed by atoms with Gasteiger partial charge in [0.15, 0.2) is 0 Å². The fourth-order valence-corrected chi connectivity index (χ4v) is 3.74. The Bertz CT molecular complexity index is 1350. The molecule has 0 aliphatic heterocycles. The molecule has 1 amide bonds. The van der Waals surface area contributed by atoms with Gasteiger partial charge in [0, 0.05) is 34.2 Å². The van der Waals surface area contributed by atoms with E-state index >= 15 is 0 Å². The lowest BCUT2D eigenvalue weighted by atomic mass is 10.1. The van der Waals surface area contributed by atoms with Gasteiger partial charge in [-0.15, -0.1) is 0 Å². The Labute approximate surface area is 191 Å². The summed E-state index contributed by atoms with van der Waals surface area (Å²) in [7, 11) is 1.50. The van der Waals surface area contributed by atoms with Crippen molar-refractivity contribution in [2.75, 3.05) is 12.4 Å². The highest BCUT2D eigenvalue weighted by Gasteiger charge is 2.15. The van der Waals surface area contributed by atoms with E-state index in [1.54, 1.807) is 24.3 Å². The normalized spacial score (nSPS) is 11.2. The number of rotatable bonds is 6. The van der Waals surface area contributed by atoms with E-state index < -0.39 is 5.91 Å². The van der Waals surface area contributed by atoms with Crippen LogP contribution in [0.5, 0.6) is 5.75 Å². The quantitative estimate of drug-likeness (QED) is 0.299. The lowest BCUT2D eigenvalue weighted by Crippen LogP contribution is -2.14. The molecule has 0 unspecified atom stereocenters. The summed E-state index contributed by atoms with van der Waals surface area (Å²) in [6.07, 6.45) is 3.57. The van der Waals surface area contributed by atoms with E-state index in [0.717, 1.165) is 22.0 Å². The van der Waals surface area contributed by atoms with Gasteiger partial charge in [0.25, 0.3) is 5.91 Å². The number of methoxy groups -OCH3 is 1. The van der Waals surface area contributed by atoms with Crippen molar-refractivity contribution in [2.45, 2.75) is 6.54 Å². The summed E-state index contributed by atoms with van der Waals surface area (Å²) in [6.45, 7) is 0.684. The van der Waals surface area contributed by atoms with Gasteiger partial charge >= 0.3 is 0 Å². The minimum atomic E-state index is -0.534. The zero-order valence-corrected chi connectivity index (χ0v) is 18.1. The topological polar surface area (TPSA) is 67.0 Å². The first-order valence-electron chi connectivity index (χ1n) is 9.97.